The van der Waals surface area contributed by atoms with Gasteiger partial charge in [0, 0.05) is 6.26 Å². The summed E-state index contributed by atoms with van der Waals surface area (Å²) in [6.45, 7) is 4.15. The summed E-state index contributed by atoms with van der Waals surface area (Å²) in [5, 5.41) is 10.0. The lowest BCUT2D eigenvalue weighted by atomic mass is 9.96. The van der Waals surface area contributed by atoms with Crippen molar-refractivity contribution in [3.8, 4) is 0 Å². The van der Waals surface area contributed by atoms with Crippen LogP contribution >= 0.6 is 0 Å². The van der Waals surface area contributed by atoms with Crippen LogP contribution in [0.25, 0.3) is 0 Å². The Bertz CT molecular complexity index is 465. The van der Waals surface area contributed by atoms with Crippen molar-refractivity contribution in [3.05, 3.63) is 29.8 Å². The highest BCUT2D eigenvalue weighted by molar-refractivity contribution is 7.90. The van der Waals surface area contributed by atoms with Crippen molar-refractivity contribution in [1.29, 1.82) is 0 Å². The SMILES string of the molecule is CCC(C)CC(O)c1cccc(S(C)(=O)=O)c1. The Morgan fingerprint density at radius 3 is 2.53 bits per heavy atom. The van der Waals surface area contributed by atoms with Crippen molar-refractivity contribution < 1.29 is 13.5 Å². The summed E-state index contributed by atoms with van der Waals surface area (Å²) in [6, 6.07) is 6.55. The van der Waals surface area contributed by atoms with Crippen LogP contribution in [0.4, 0.5) is 0 Å². The quantitative estimate of drug-likeness (QED) is 0.881. The van der Waals surface area contributed by atoms with Crippen LogP contribution in [-0.4, -0.2) is 19.8 Å². The monoisotopic (exact) mass is 256 g/mol. The van der Waals surface area contributed by atoms with Gasteiger partial charge in [-0.25, -0.2) is 8.42 Å². The van der Waals surface area contributed by atoms with Crippen molar-refractivity contribution in [3.63, 3.8) is 0 Å². The number of hydrogen-bond acceptors (Lipinski definition) is 3. The zero-order chi connectivity index (χ0) is 13.1. The maximum absolute atomic E-state index is 11.4. The van der Waals surface area contributed by atoms with E-state index in [9.17, 15) is 13.5 Å². The molecule has 1 aromatic rings. The molecule has 3 nitrogen and oxygen atoms in total. The van der Waals surface area contributed by atoms with Gasteiger partial charge in [-0.2, -0.15) is 0 Å². The van der Waals surface area contributed by atoms with E-state index in [4.69, 9.17) is 0 Å². The van der Waals surface area contributed by atoms with E-state index < -0.39 is 15.9 Å². The first-order valence-corrected chi connectivity index (χ1v) is 7.71. The smallest absolute Gasteiger partial charge is 0.175 e. The van der Waals surface area contributed by atoms with Gasteiger partial charge in [0.2, 0.25) is 0 Å². The Labute approximate surface area is 103 Å². The molecule has 0 radical (unpaired) electrons. The summed E-state index contributed by atoms with van der Waals surface area (Å²) >= 11 is 0. The molecule has 0 saturated heterocycles. The van der Waals surface area contributed by atoms with E-state index in [0.29, 0.717) is 17.9 Å². The van der Waals surface area contributed by atoms with Gasteiger partial charge in [-0.1, -0.05) is 32.4 Å². The van der Waals surface area contributed by atoms with Gasteiger partial charge in [-0.3, -0.25) is 0 Å². The summed E-state index contributed by atoms with van der Waals surface area (Å²) in [5.74, 6) is 0.423. The summed E-state index contributed by atoms with van der Waals surface area (Å²) in [5.41, 5.74) is 0.674. The second-order valence-electron chi connectivity index (χ2n) is 4.61. The molecular formula is C13H20O3S. The Hall–Kier alpha value is -0.870. The fourth-order valence-electron chi connectivity index (χ4n) is 1.64. The molecule has 0 amide bonds. The van der Waals surface area contributed by atoms with Crippen molar-refractivity contribution in [2.75, 3.05) is 6.26 Å². The minimum Gasteiger partial charge on any atom is -0.388 e. The highest BCUT2D eigenvalue weighted by Crippen LogP contribution is 2.24. The van der Waals surface area contributed by atoms with E-state index in [1.54, 1.807) is 24.3 Å². The Morgan fingerprint density at radius 1 is 1.35 bits per heavy atom. The van der Waals surface area contributed by atoms with E-state index in [0.717, 1.165) is 6.42 Å². The molecule has 96 valence electrons. The van der Waals surface area contributed by atoms with Crippen LogP contribution in [0.2, 0.25) is 0 Å². The van der Waals surface area contributed by atoms with Crippen molar-refractivity contribution in [2.45, 2.75) is 37.7 Å². The molecule has 1 rings (SSSR count). The molecule has 0 heterocycles. The fourth-order valence-corrected chi connectivity index (χ4v) is 2.31. The lowest BCUT2D eigenvalue weighted by Gasteiger charge is -2.15. The summed E-state index contributed by atoms with van der Waals surface area (Å²) in [4.78, 5) is 0.262. The summed E-state index contributed by atoms with van der Waals surface area (Å²) < 4.78 is 22.8. The number of benzene rings is 1. The number of rotatable bonds is 5. The molecule has 2 unspecified atom stereocenters. The lowest BCUT2D eigenvalue weighted by Crippen LogP contribution is -2.05. The Kier molecular flexibility index (Phi) is 4.71. The summed E-state index contributed by atoms with van der Waals surface area (Å²) in [7, 11) is -3.20. The Morgan fingerprint density at radius 2 is 2.00 bits per heavy atom. The van der Waals surface area contributed by atoms with Gasteiger partial charge in [0.25, 0.3) is 0 Å². The first kappa shape index (κ1) is 14.2. The van der Waals surface area contributed by atoms with Crippen LogP contribution in [0.3, 0.4) is 0 Å². The van der Waals surface area contributed by atoms with Crippen molar-refractivity contribution in [2.24, 2.45) is 5.92 Å². The fraction of sp³-hybridized carbons (Fsp3) is 0.538. The molecule has 0 fully saturated rings. The predicted molar refractivity (Wildman–Crippen MR) is 68.6 cm³/mol. The molecule has 0 aliphatic carbocycles. The number of hydrogen-bond donors (Lipinski definition) is 1. The molecule has 0 bridgehead atoms. The molecule has 0 saturated carbocycles. The van der Waals surface area contributed by atoms with Gasteiger partial charge in [0.1, 0.15) is 0 Å². The van der Waals surface area contributed by atoms with Crippen LogP contribution in [0.1, 0.15) is 38.4 Å². The normalized spacial score (nSPS) is 15.5. The Balaban J connectivity index is 2.92. The summed E-state index contributed by atoms with van der Waals surface area (Å²) in [6.07, 6.45) is 2.24. The molecule has 0 aliphatic rings. The number of sulfone groups is 1. The number of aliphatic hydroxyl groups excluding tert-OH is 1. The molecule has 1 N–H and O–H groups in total. The first-order chi connectivity index (χ1) is 7.84. The van der Waals surface area contributed by atoms with E-state index >= 15 is 0 Å². The van der Waals surface area contributed by atoms with Gasteiger partial charge in [-0.15, -0.1) is 0 Å². The average Bonchev–Trinajstić information content (AvgIpc) is 2.28. The van der Waals surface area contributed by atoms with Crippen LogP contribution in [0.5, 0.6) is 0 Å². The number of aliphatic hydroxyl groups is 1. The maximum atomic E-state index is 11.4. The van der Waals surface area contributed by atoms with Gasteiger partial charge in [0.15, 0.2) is 9.84 Å². The highest BCUT2D eigenvalue weighted by atomic mass is 32.2. The standard InChI is InChI=1S/C13H20O3S/c1-4-10(2)8-13(14)11-6-5-7-12(9-11)17(3,15)16/h5-7,9-10,13-14H,4,8H2,1-3H3. The maximum Gasteiger partial charge on any atom is 0.175 e. The van der Waals surface area contributed by atoms with E-state index in [1.165, 1.54) is 6.26 Å². The van der Waals surface area contributed by atoms with Gasteiger partial charge < -0.3 is 5.11 Å². The van der Waals surface area contributed by atoms with E-state index in [-0.39, 0.29) is 4.90 Å². The molecule has 4 heteroatoms. The third-order valence-electron chi connectivity index (χ3n) is 2.99. The second-order valence-corrected chi connectivity index (χ2v) is 6.63. The zero-order valence-corrected chi connectivity index (χ0v) is 11.4. The molecule has 2 atom stereocenters. The lowest BCUT2D eigenvalue weighted by molar-refractivity contribution is 0.146. The minimum atomic E-state index is -3.20. The zero-order valence-electron chi connectivity index (χ0n) is 10.6. The molecule has 1 aromatic carbocycles. The van der Waals surface area contributed by atoms with Crippen LogP contribution in [-0.2, 0) is 9.84 Å². The largest absolute Gasteiger partial charge is 0.388 e. The average molecular weight is 256 g/mol. The molecule has 0 aromatic heterocycles. The van der Waals surface area contributed by atoms with Crippen LogP contribution in [0, 0.1) is 5.92 Å². The van der Waals surface area contributed by atoms with Gasteiger partial charge in [-0.05, 0) is 30.0 Å². The van der Waals surface area contributed by atoms with Crippen molar-refractivity contribution in [1.82, 2.24) is 0 Å². The van der Waals surface area contributed by atoms with Crippen LogP contribution in [0.15, 0.2) is 29.2 Å². The van der Waals surface area contributed by atoms with Gasteiger partial charge in [0.05, 0.1) is 11.0 Å². The van der Waals surface area contributed by atoms with E-state index in [2.05, 4.69) is 13.8 Å². The molecule has 17 heavy (non-hydrogen) atoms. The molecule has 0 spiro atoms. The first-order valence-electron chi connectivity index (χ1n) is 5.82. The van der Waals surface area contributed by atoms with Crippen molar-refractivity contribution >= 4 is 9.84 Å². The molecular weight excluding hydrogens is 236 g/mol. The third kappa shape index (κ3) is 4.13. The highest BCUT2D eigenvalue weighted by Gasteiger charge is 2.14. The predicted octanol–water partition coefficient (Wildman–Crippen LogP) is 2.56. The minimum absolute atomic E-state index is 0.262. The second kappa shape index (κ2) is 5.65. The third-order valence-corrected chi connectivity index (χ3v) is 4.10. The van der Waals surface area contributed by atoms with Gasteiger partial charge >= 0.3 is 0 Å². The van der Waals surface area contributed by atoms with E-state index in [1.807, 2.05) is 0 Å². The molecule has 0 aliphatic heterocycles. The topological polar surface area (TPSA) is 54.4 Å². The van der Waals surface area contributed by atoms with Crippen LogP contribution < -0.4 is 0 Å².